The Morgan fingerprint density at radius 2 is 1.85 bits per heavy atom. The van der Waals surface area contributed by atoms with Crippen molar-refractivity contribution in [1.29, 1.82) is 0 Å². The van der Waals surface area contributed by atoms with Crippen molar-refractivity contribution in [2.45, 2.75) is 33.8 Å². The van der Waals surface area contributed by atoms with Crippen molar-refractivity contribution < 1.29 is 14.2 Å². The smallest absolute Gasteiger partial charge is 0.119 e. The molecule has 0 radical (unpaired) electrons. The largest absolute Gasteiger partial charge is 0.497 e. The number of rotatable bonds is 7. The Bertz CT molecular complexity index is 395. The minimum atomic E-state index is -0.00310. The summed E-state index contributed by atoms with van der Waals surface area (Å²) in [4.78, 5) is 0. The monoisotopic (exact) mass is 280 g/mol. The molecule has 0 aliphatic heterocycles. The molecule has 3 heteroatoms. The van der Waals surface area contributed by atoms with Crippen LogP contribution in [0.25, 0.3) is 0 Å². The number of benzene rings is 1. The van der Waals surface area contributed by atoms with Crippen molar-refractivity contribution in [1.82, 2.24) is 0 Å². The Kier molecular flexibility index (Phi) is 6.50. The highest BCUT2D eigenvalue weighted by atomic mass is 16.5. The number of ether oxygens (including phenoxy) is 3. The van der Waals surface area contributed by atoms with E-state index in [0.29, 0.717) is 6.61 Å². The zero-order valence-corrected chi connectivity index (χ0v) is 13.6. The van der Waals surface area contributed by atoms with E-state index in [1.807, 2.05) is 25.1 Å². The summed E-state index contributed by atoms with van der Waals surface area (Å²) in [6, 6.07) is 8.08. The van der Waals surface area contributed by atoms with Crippen molar-refractivity contribution in [3.8, 4) is 5.75 Å². The summed E-state index contributed by atoms with van der Waals surface area (Å²) in [6.45, 7) is 10.1. The second-order valence-corrected chi connectivity index (χ2v) is 6.06. The molecule has 0 aromatic heterocycles. The van der Waals surface area contributed by atoms with Gasteiger partial charge in [0, 0.05) is 19.6 Å². The predicted molar refractivity (Wildman–Crippen MR) is 82.2 cm³/mol. The van der Waals surface area contributed by atoms with Crippen LogP contribution in [0.4, 0.5) is 0 Å². The van der Waals surface area contributed by atoms with Gasteiger partial charge < -0.3 is 14.2 Å². The summed E-state index contributed by atoms with van der Waals surface area (Å²) in [7, 11) is 3.44. The zero-order valence-electron chi connectivity index (χ0n) is 13.6. The van der Waals surface area contributed by atoms with E-state index in [1.165, 1.54) is 0 Å². The summed E-state index contributed by atoms with van der Waals surface area (Å²) >= 11 is 0. The molecular weight excluding hydrogens is 252 g/mol. The van der Waals surface area contributed by atoms with E-state index >= 15 is 0 Å². The Morgan fingerprint density at radius 3 is 2.35 bits per heavy atom. The van der Waals surface area contributed by atoms with Gasteiger partial charge in [0.2, 0.25) is 0 Å². The molecule has 0 spiro atoms. The van der Waals surface area contributed by atoms with Crippen molar-refractivity contribution in [2.75, 3.05) is 27.4 Å². The quantitative estimate of drug-likeness (QED) is 0.753. The molecule has 3 nitrogen and oxygen atoms in total. The lowest BCUT2D eigenvalue weighted by Crippen LogP contribution is -2.32. The molecule has 0 aliphatic rings. The molecule has 1 aromatic rings. The van der Waals surface area contributed by atoms with Crippen molar-refractivity contribution in [2.24, 2.45) is 11.3 Å². The molecule has 20 heavy (non-hydrogen) atoms. The fourth-order valence-electron chi connectivity index (χ4n) is 2.39. The standard InChI is InChI=1S/C17H28O3/c1-7-20-12-15(17(2,3)4)16(19-6)13-9-8-10-14(11-13)18-5/h8-11,15-16H,7,12H2,1-6H3. The van der Waals surface area contributed by atoms with E-state index in [4.69, 9.17) is 14.2 Å². The summed E-state index contributed by atoms with van der Waals surface area (Å²) in [5.74, 6) is 1.13. The second kappa shape index (κ2) is 7.65. The van der Waals surface area contributed by atoms with Gasteiger partial charge in [0.1, 0.15) is 5.75 Å². The maximum Gasteiger partial charge on any atom is 0.119 e. The van der Waals surface area contributed by atoms with Gasteiger partial charge in [-0.05, 0) is 30.0 Å². The Labute approximate surface area is 123 Å². The van der Waals surface area contributed by atoms with Crippen LogP contribution in [0, 0.1) is 11.3 Å². The van der Waals surface area contributed by atoms with Crippen molar-refractivity contribution in [3.05, 3.63) is 29.8 Å². The SMILES string of the molecule is CCOCC(C(OC)c1cccc(OC)c1)C(C)(C)C. The summed E-state index contributed by atoms with van der Waals surface area (Å²) in [5, 5.41) is 0. The van der Waals surface area contributed by atoms with Crippen LogP contribution in [-0.4, -0.2) is 27.4 Å². The predicted octanol–water partition coefficient (Wildman–Crippen LogP) is 4.08. The van der Waals surface area contributed by atoms with Gasteiger partial charge >= 0.3 is 0 Å². The number of hydrogen-bond acceptors (Lipinski definition) is 3. The van der Waals surface area contributed by atoms with E-state index in [0.717, 1.165) is 17.9 Å². The molecule has 2 atom stereocenters. The third kappa shape index (κ3) is 4.50. The molecule has 0 amide bonds. The van der Waals surface area contributed by atoms with Crippen LogP contribution in [0.15, 0.2) is 24.3 Å². The maximum atomic E-state index is 5.79. The van der Waals surface area contributed by atoms with E-state index in [9.17, 15) is 0 Å². The van der Waals surface area contributed by atoms with Crippen LogP contribution in [0.3, 0.4) is 0 Å². The lowest BCUT2D eigenvalue weighted by molar-refractivity contribution is -0.0427. The van der Waals surface area contributed by atoms with E-state index in [1.54, 1.807) is 14.2 Å². The van der Waals surface area contributed by atoms with Crippen LogP contribution < -0.4 is 4.74 Å². The Morgan fingerprint density at radius 1 is 1.15 bits per heavy atom. The third-order valence-corrected chi connectivity index (χ3v) is 3.66. The first-order chi connectivity index (χ1) is 9.43. The molecule has 2 unspecified atom stereocenters. The molecule has 0 heterocycles. The van der Waals surface area contributed by atoms with Gasteiger partial charge in [0.25, 0.3) is 0 Å². The van der Waals surface area contributed by atoms with E-state index < -0.39 is 0 Å². The fourth-order valence-corrected chi connectivity index (χ4v) is 2.39. The molecular formula is C17H28O3. The molecule has 1 aromatic carbocycles. The average molecular weight is 280 g/mol. The second-order valence-electron chi connectivity index (χ2n) is 6.06. The Balaban J connectivity index is 3.05. The highest BCUT2D eigenvalue weighted by Gasteiger charge is 2.33. The minimum Gasteiger partial charge on any atom is -0.497 e. The van der Waals surface area contributed by atoms with Gasteiger partial charge in [-0.2, -0.15) is 0 Å². The van der Waals surface area contributed by atoms with Gasteiger partial charge in [-0.25, -0.2) is 0 Å². The first-order valence-corrected chi connectivity index (χ1v) is 7.18. The van der Waals surface area contributed by atoms with Gasteiger partial charge in [0.05, 0.1) is 19.8 Å². The highest BCUT2D eigenvalue weighted by molar-refractivity contribution is 5.30. The topological polar surface area (TPSA) is 27.7 Å². The van der Waals surface area contributed by atoms with Gasteiger partial charge in [-0.3, -0.25) is 0 Å². The van der Waals surface area contributed by atoms with Crippen molar-refractivity contribution >= 4 is 0 Å². The average Bonchev–Trinajstić information content (AvgIpc) is 2.42. The lowest BCUT2D eigenvalue weighted by Gasteiger charge is -2.36. The first kappa shape index (κ1) is 17.0. The lowest BCUT2D eigenvalue weighted by atomic mass is 9.76. The number of methoxy groups -OCH3 is 2. The van der Waals surface area contributed by atoms with Gasteiger partial charge in [-0.1, -0.05) is 32.9 Å². The van der Waals surface area contributed by atoms with Crippen molar-refractivity contribution in [3.63, 3.8) is 0 Å². The maximum absolute atomic E-state index is 5.79. The van der Waals surface area contributed by atoms with Crippen LogP contribution in [0.5, 0.6) is 5.75 Å². The van der Waals surface area contributed by atoms with Crippen LogP contribution in [-0.2, 0) is 9.47 Å². The molecule has 0 aliphatic carbocycles. The van der Waals surface area contributed by atoms with Crippen LogP contribution in [0.1, 0.15) is 39.4 Å². The third-order valence-electron chi connectivity index (χ3n) is 3.66. The van der Waals surface area contributed by atoms with Gasteiger partial charge in [0.15, 0.2) is 0 Å². The molecule has 0 fully saturated rings. The van der Waals surface area contributed by atoms with Crippen LogP contribution in [0.2, 0.25) is 0 Å². The molecule has 0 bridgehead atoms. The van der Waals surface area contributed by atoms with E-state index in [-0.39, 0.29) is 17.4 Å². The van der Waals surface area contributed by atoms with Crippen LogP contribution >= 0.6 is 0 Å². The minimum absolute atomic E-state index is 0.00310. The molecule has 0 saturated heterocycles. The highest BCUT2D eigenvalue weighted by Crippen LogP contribution is 2.39. The molecule has 114 valence electrons. The summed E-state index contributed by atoms with van der Waals surface area (Å²) in [6.07, 6.45) is -0.00310. The molecule has 0 N–H and O–H groups in total. The number of hydrogen-bond donors (Lipinski definition) is 0. The summed E-state index contributed by atoms with van der Waals surface area (Å²) < 4.78 is 16.8. The molecule has 0 saturated carbocycles. The normalized spacial score (nSPS) is 14.9. The summed E-state index contributed by atoms with van der Waals surface area (Å²) in [5.41, 5.74) is 1.23. The van der Waals surface area contributed by atoms with E-state index in [2.05, 4.69) is 26.8 Å². The van der Waals surface area contributed by atoms with Gasteiger partial charge in [-0.15, -0.1) is 0 Å². The zero-order chi connectivity index (χ0) is 15.2. The molecule has 1 rings (SSSR count). The first-order valence-electron chi connectivity index (χ1n) is 7.18. The fraction of sp³-hybridized carbons (Fsp3) is 0.647. The Hall–Kier alpha value is -1.06.